The molecule has 0 aliphatic carbocycles. The van der Waals surface area contributed by atoms with Gasteiger partial charge in [-0.25, -0.2) is 14.8 Å². The van der Waals surface area contributed by atoms with Gasteiger partial charge in [0.2, 0.25) is 53.2 Å². The van der Waals surface area contributed by atoms with Crippen LogP contribution in [0.2, 0.25) is 0 Å². The standard InChI is InChI=1S/C51H77N17O13/c1-5-28(4)41(67-44(74)33(17-29-11-7-6-8-12-29)62-45(75)36(23-69)60-39(71)20-52)48(78)63-34(18-30-21-55-25-58-30)43(73)65-37(24-70)46(76)66-40(27(2)3)49(79)68-16-10-14-38(68)47(77)61-32(13-9-15-57-51(53)54)42(72)64-35(50(80)81)19-31-22-56-26-59-31/h6-8,11-12,21-22,25-28,32-38,40-41,69-70H,5,9-10,13-20,23-24,52H2,1-4H3,(H,55,58)(H,56,59)(H,60,71)(H,61,77)(H,62,75)(H,63,78)(H,64,72)(H,65,73)(H,66,76)(H,67,74)(H,80,81)(H4,53,54,57)/t28-,32-,33-,34-,35-,36-,37-,38-,40-,41-/m0/s1. The Morgan fingerprint density at radius 3 is 1.75 bits per heavy atom. The Labute approximate surface area is 467 Å². The van der Waals surface area contributed by atoms with Crippen molar-refractivity contribution in [2.75, 3.05) is 32.8 Å². The van der Waals surface area contributed by atoms with Gasteiger partial charge in [0.25, 0.3) is 0 Å². The smallest absolute Gasteiger partial charge is 0.326 e. The van der Waals surface area contributed by atoms with E-state index < -0.39 is 145 Å². The van der Waals surface area contributed by atoms with Gasteiger partial charge < -0.3 is 89.9 Å². The van der Waals surface area contributed by atoms with Crippen molar-refractivity contribution in [1.29, 1.82) is 0 Å². The molecule has 19 N–H and O–H groups in total. The third-order valence-electron chi connectivity index (χ3n) is 13.4. The average molecular weight is 1140 g/mol. The molecule has 0 bridgehead atoms. The Morgan fingerprint density at radius 1 is 0.679 bits per heavy atom. The summed E-state index contributed by atoms with van der Waals surface area (Å²) in [7, 11) is 0. The van der Waals surface area contributed by atoms with Gasteiger partial charge in [0.15, 0.2) is 5.96 Å². The summed E-state index contributed by atoms with van der Waals surface area (Å²) < 4.78 is 0. The van der Waals surface area contributed by atoms with Gasteiger partial charge in [-0.2, -0.15) is 0 Å². The van der Waals surface area contributed by atoms with E-state index in [2.05, 4.69) is 67.5 Å². The highest BCUT2D eigenvalue weighted by Crippen LogP contribution is 2.22. The summed E-state index contributed by atoms with van der Waals surface area (Å²) in [6.07, 6.45) is 5.98. The Hall–Kier alpha value is -8.51. The van der Waals surface area contributed by atoms with E-state index in [-0.39, 0.29) is 57.6 Å². The number of hydrogen-bond donors (Lipinski definition) is 16. The number of aromatic nitrogens is 4. The molecule has 3 aromatic rings. The van der Waals surface area contributed by atoms with E-state index in [1.807, 2.05) is 0 Å². The number of nitrogens with two attached hydrogens (primary N) is 3. The van der Waals surface area contributed by atoms with Gasteiger partial charge in [0, 0.05) is 56.1 Å². The molecule has 0 spiro atoms. The Kier molecular flexibility index (Phi) is 26.1. The zero-order valence-corrected chi connectivity index (χ0v) is 45.7. The Bertz CT molecular complexity index is 2600. The van der Waals surface area contributed by atoms with Crippen molar-refractivity contribution in [3.63, 3.8) is 0 Å². The highest BCUT2D eigenvalue weighted by atomic mass is 16.4. The number of carboxylic acid groups (broad SMARTS) is 1. The number of amides is 9. The van der Waals surface area contributed by atoms with Crippen LogP contribution in [0.4, 0.5) is 0 Å². The number of hydrogen-bond acceptors (Lipinski definition) is 16. The topological polar surface area (TPSA) is 479 Å². The molecule has 10 atom stereocenters. The van der Waals surface area contributed by atoms with E-state index in [1.54, 1.807) is 58.0 Å². The largest absolute Gasteiger partial charge is 0.480 e. The number of nitrogens with one attached hydrogen (secondary N) is 10. The van der Waals surface area contributed by atoms with Crippen molar-refractivity contribution in [3.8, 4) is 0 Å². The van der Waals surface area contributed by atoms with Crippen LogP contribution in [0.1, 0.15) is 76.8 Å². The maximum Gasteiger partial charge on any atom is 0.326 e. The van der Waals surface area contributed by atoms with Crippen LogP contribution in [0.25, 0.3) is 0 Å². The number of nitrogens with zero attached hydrogens (tertiary/aromatic N) is 4. The predicted octanol–water partition coefficient (Wildman–Crippen LogP) is -5.19. The number of carbonyl (C=O) groups is 10. The number of aliphatic imine (C=N–C) groups is 1. The summed E-state index contributed by atoms with van der Waals surface area (Å²) in [5.41, 5.74) is 17.7. The highest BCUT2D eigenvalue weighted by Gasteiger charge is 2.41. The zero-order chi connectivity index (χ0) is 59.8. The second-order valence-electron chi connectivity index (χ2n) is 19.8. The van der Waals surface area contributed by atoms with Crippen molar-refractivity contribution in [2.24, 2.45) is 34.0 Å². The van der Waals surface area contributed by atoms with Crippen molar-refractivity contribution in [2.45, 2.75) is 133 Å². The monoisotopic (exact) mass is 1140 g/mol. The number of H-pyrrole nitrogens is 2. The lowest BCUT2D eigenvalue weighted by atomic mass is 9.96. The van der Waals surface area contributed by atoms with E-state index in [1.165, 1.54) is 29.9 Å². The normalized spacial score (nSPS) is 16.3. The van der Waals surface area contributed by atoms with Crippen LogP contribution >= 0.6 is 0 Å². The third-order valence-corrected chi connectivity index (χ3v) is 13.4. The lowest BCUT2D eigenvalue weighted by molar-refractivity contribution is -0.144. The fraction of sp³-hybridized carbons (Fsp3) is 0.549. The minimum Gasteiger partial charge on any atom is -0.480 e. The van der Waals surface area contributed by atoms with Crippen molar-refractivity contribution >= 4 is 65.1 Å². The molecular weight excluding hydrogens is 1060 g/mol. The minimum absolute atomic E-state index is 0.0321. The molecule has 1 aromatic carbocycles. The minimum atomic E-state index is -1.71. The number of rotatable bonds is 33. The molecular formula is C51H77N17O13. The van der Waals surface area contributed by atoms with Gasteiger partial charge in [-0.3, -0.25) is 48.1 Å². The van der Waals surface area contributed by atoms with Gasteiger partial charge in [0.1, 0.15) is 54.4 Å². The van der Waals surface area contributed by atoms with Crippen LogP contribution in [0.3, 0.4) is 0 Å². The first kappa shape index (κ1) is 65.0. The second kappa shape index (κ2) is 32.5. The SMILES string of the molecule is CC[C@H](C)[C@H](NC(=O)[C@H](Cc1ccccc1)NC(=O)[C@H](CO)NC(=O)CN)C(=O)N[C@@H](Cc1cnc[nH]1)C(=O)N[C@@H](CO)C(=O)N[C@H](C(=O)N1CCC[C@H]1C(=O)N[C@@H](CCCN=C(N)N)C(=O)N[C@@H](Cc1cnc[nH]1)C(=O)O)C(C)C. The van der Waals surface area contributed by atoms with Crippen LogP contribution in [0.15, 0.2) is 60.4 Å². The lowest BCUT2D eigenvalue weighted by Gasteiger charge is -2.32. The number of aromatic amines is 2. The Balaban J connectivity index is 1.51. The fourth-order valence-electron chi connectivity index (χ4n) is 8.67. The molecule has 3 heterocycles. The summed E-state index contributed by atoms with van der Waals surface area (Å²) in [6.45, 7) is 4.51. The molecule has 81 heavy (non-hydrogen) atoms. The molecule has 30 nitrogen and oxygen atoms in total. The van der Waals surface area contributed by atoms with Gasteiger partial charge >= 0.3 is 5.97 Å². The van der Waals surface area contributed by atoms with Gasteiger partial charge in [0.05, 0.1) is 32.4 Å². The van der Waals surface area contributed by atoms with Crippen LogP contribution in [0, 0.1) is 11.8 Å². The Morgan fingerprint density at radius 2 is 1.20 bits per heavy atom. The third kappa shape index (κ3) is 20.3. The summed E-state index contributed by atoms with van der Waals surface area (Å²) in [6, 6.07) is -3.98. The van der Waals surface area contributed by atoms with Crippen LogP contribution in [-0.2, 0) is 67.2 Å². The summed E-state index contributed by atoms with van der Waals surface area (Å²) in [5.74, 6) is -10.3. The van der Waals surface area contributed by atoms with Crippen molar-refractivity contribution in [1.82, 2.24) is 67.4 Å². The average Bonchev–Trinajstić information content (AvgIpc) is 4.28. The van der Waals surface area contributed by atoms with Crippen molar-refractivity contribution in [3.05, 3.63) is 72.3 Å². The number of aliphatic hydroxyl groups is 2. The zero-order valence-electron chi connectivity index (χ0n) is 45.7. The number of imidazole rings is 2. The van der Waals surface area contributed by atoms with E-state index in [0.717, 1.165) is 0 Å². The van der Waals surface area contributed by atoms with E-state index >= 15 is 0 Å². The molecule has 0 saturated carbocycles. The van der Waals surface area contributed by atoms with Gasteiger partial charge in [-0.05, 0) is 43.1 Å². The van der Waals surface area contributed by atoms with Gasteiger partial charge in [-0.15, -0.1) is 0 Å². The predicted molar refractivity (Wildman–Crippen MR) is 290 cm³/mol. The maximum atomic E-state index is 14.4. The first-order valence-electron chi connectivity index (χ1n) is 26.5. The number of guanidine groups is 1. The van der Waals surface area contributed by atoms with Gasteiger partial charge in [-0.1, -0.05) is 64.4 Å². The number of likely N-dealkylation sites (tertiary alicyclic amines) is 1. The molecule has 0 radical (unpaired) electrons. The van der Waals surface area contributed by atoms with E-state index in [4.69, 9.17) is 17.2 Å². The van der Waals surface area contributed by atoms with E-state index in [0.29, 0.717) is 29.8 Å². The number of aliphatic carboxylic acids is 1. The summed E-state index contributed by atoms with van der Waals surface area (Å²) in [4.78, 5) is 155. The van der Waals surface area contributed by atoms with Crippen LogP contribution in [-0.4, -0.2) is 192 Å². The highest BCUT2D eigenvalue weighted by molar-refractivity contribution is 5.99. The summed E-state index contributed by atoms with van der Waals surface area (Å²) in [5, 5.41) is 50.7. The molecule has 1 saturated heterocycles. The number of carboxylic acids is 1. The number of benzene rings is 1. The quantitative estimate of drug-likeness (QED) is 0.0154. The molecule has 4 rings (SSSR count). The maximum absolute atomic E-state index is 14.4. The first-order chi connectivity index (χ1) is 38.6. The molecule has 444 valence electrons. The van der Waals surface area contributed by atoms with Crippen LogP contribution < -0.4 is 59.7 Å². The molecule has 9 amide bonds. The van der Waals surface area contributed by atoms with E-state index in [9.17, 15) is 63.3 Å². The molecule has 1 aliphatic rings. The summed E-state index contributed by atoms with van der Waals surface area (Å²) >= 11 is 0. The lowest BCUT2D eigenvalue weighted by Crippen LogP contribution is -2.62. The molecule has 1 fully saturated rings. The molecule has 1 aliphatic heterocycles. The molecule has 0 unspecified atom stereocenters. The fourth-order valence-corrected chi connectivity index (χ4v) is 8.67. The molecule has 2 aromatic heterocycles. The van der Waals surface area contributed by atoms with Crippen LogP contribution in [0.5, 0.6) is 0 Å². The number of aliphatic hydroxyl groups excluding tert-OH is 2. The number of carbonyl (C=O) groups excluding carboxylic acids is 9. The second-order valence-corrected chi connectivity index (χ2v) is 19.8. The first-order valence-corrected chi connectivity index (χ1v) is 26.5. The molecule has 30 heteroatoms. The van der Waals surface area contributed by atoms with Crippen molar-refractivity contribution < 1.29 is 63.3 Å².